The number of benzene rings is 2. The third kappa shape index (κ3) is 3.65. The van der Waals surface area contributed by atoms with Gasteiger partial charge < -0.3 is 5.32 Å². The zero-order valence-electron chi connectivity index (χ0n) is 11.6. The van der Waals surface area contributed by atoms with E-state index < -0.39 is 4.92 Å². The van der Waals surface area contributed by atoms with E-state index in [1.54, 1.807) is 24.3 Å². The minimum Gasteiger partial charge on any atom is -0.373 e. The maximum atomic E-state index is 11.1. The van der Waals surface area contributed by atoms with Crippen LogP contribution in [0.15, 0.2) is 36.4 Å². The molecule has 4 nitrogen and oxygen atoms in total. The van der Waals surface area contributed by atoms with E-state index in [0.717, 1.165) is 11.1 Å². The van der Waals surface area contributed by atoms with Crippen molar-refractivity contribution in [3.05, 3.63) is 67.7 Å². The van der Waals surface area contributed by atoms with Gasteiger partial charge in [0.15, 0.2) is 0 Å². The number of nitro groups is 1. The average Bonchev–Trinajstić information content (AvgIpc) is 2.37. The van der Waals surface area contributed by atoms with Gasteiger partial charge in [-0.25, -0.2) is 0 Å². The largest absolute Gasteiger partial charge is 0.373 e. The van der Waals surface area contributed by atoms with E-state index in [4.69, 9.17) is 23.2 Å². The van der Waals surface area contributed by atoms with Crippen molar-refractivity contribution in [2.24, 2.45) is 0 Å². The number of aryl methyl sites for hydroxylation is 1. The van der Waals surface area contributed by atoms with Crippen molar-refractivity contribution in [2.45, 2.75) is 19.9 Å². The maximum absolute atomic E-state index is 11.1. The number of nitro benzene ring substituents is 1. The molecule has 1 atom stereocenters. The summed E-state index contributed by atoms with van der Waals surface area (Å²) in [5, 5.41) is 15.3. The molecule has 0 heterocycles. The molecule has 0 aliphatic heterocycles. The molecule has 0 aliphatic carbocycles. The molecule has 6 heteroatoms. The summed E-state index contributed by atoms with van der Waals surface area (Å²) in [6, 6.07) is 9.97. The van der Waals surface area contributed by atoms with Crippen LogP contribution in [0.2, 0.25) is 10.0 Å². The van der Waals surface area contributed by atoms with Gasteiger partial charge in [-0.2, -0.15) is 0 Å². The highest BCUT2D eigenvalue weighted by Gasteiger charge is 2.17. The van der Waals surface area contributed by atoms with Crippen molar-refractivity contribution < 1.29 is 4.92 Å². The van der Waals surface area contributed by atoms with E-state index in [1.165, 1.54) is 6.07 Å². The van der Waals surface area contributed by atoms with Gasteiger partial charge >= 0.3 is 0 Å². The molecule has 0 radical (unpaired) electrons. The van der Waals surface area contributed by atoms with Gasteiger partial charge in [-0.05, 0) is 43.2 Å². The van der Waals surface area contributed by atoms with Crippen LogP contribution in [0.3, 0.4) is 0 Å². The Morgan fingerprint density at radius 1 is 1.19 bits per heavy atom. The summed E-state index contributed by atoms with van der Waals surface area (Å²) in [4.78, 5) is 10.7. The van der Waals surface area contributed by atoms with Crippen molar-refractivity contribution in [1.82, 2.24) is 0 Å². The first-order valence-corrected chi connectivity index (χ1v) is 7.10. The number of anilines is 1. The maximum Gasteiger partial charge on any atom is 0.292 e. The van der Waals surface area contributed by atoms with E-state index in [0.29, 0.717) is 15.7 Å². The molecule has 0 fully saturated rings. The summed E-state index contributed by atoms with van der Waals surface area (Å²) < 4.78 is 0. The van der Waals surface area contributed by atoms with Crippen molar-refractivity contribution in [2.75, 3.05) is 5.32 Å². The molecule has 0 saturated carbocycles. The molecule has 1 N–H and O–H groups in total. The number of rotatable bonds is 4. The molecule has 2 aromatic rings. The fourth-order valence-corrected chi connectivity index (χ4v) is 2.66. The number of hydrogen-bond acceptors (Lipinski definition) is 3. The first-order chi connectivity index (χ1) is 9.88. The molecule has 0 bridgehead atoms. The summed E-state index contributed by atoms with van der Waals surface area (Å²) >= 11 is 12.0. The topological polar surface area (TPSA) is 55.2 Å². The molecular weight excluding hydrogens is 311 g/mol. The minimum absolute atomic E-state index is 0.0394. The fourth-order valence-electron chi connectivity index (χ4n) is 2.09. The zero-order valence-corrected chi connectivity index (χ0v) is 13.1. The van der Waals surface area contributed by atoms with Gasteiger partial charge in [-0.15, -0.1) is 0 Å². The summed E-state index contributed by atoms with van der Waals surface area (Å²) in [6.45, 7) is 3.77. The zero-order chi connectivity index (χ0) is 15.6. The van der Waals surface area contributed by atoms with Crippen molar-refractivity contribution in [3.63, 3.8) is 0 Å². The van der Waals surface area contributed by atoms with Gasteiger partial charge in [0.05, 0.1) is 11.0 Å². The average molecular weight is 325 g/mol. The molecule has 0 aliphatic rings. The molecule has 0 saturated heterocycles. The Labute approximate surface area is 132 Å². The van der Waals surface area contributed by atoms with Crippen molar-refractivity contribution in [3.8, 4) is 0 Å². The Hall–Kier alpha value is -1.78. The van der Waals surface area contributed by atoms with Crippen LogP contribution in [0.4, 0.5) is 11.4 Å². The van der Waals surface area contributed by atoms with E-state index in [2.05, 4.69) is 5.32 Å². The van der Waals surface area contributed by atoms with Crippen LogP contribution in [-0.2, 0) is 0 Å². The minimum atomic E-state index is -0.405. The molecule has 0 amide bonds. The van der Waals surface area contributed by atoms with E-state index in [-0.39, 0.29) is 11.7 Å². The summed E-state index contributed by atoms with van der Waals surface area (Å²) in [6.07, 6.45) is 0. The third-order valence-electron chi connectivity index (χ3n) is 3.15. The number of hydrogen-bond donors (Lipinski definition) is 1. The van der Waals surface area contributed by atoms with Gasteiger partial charge in [0.25, 0.3) is 5.69 Å². The lowest BCUT2D eigenvalue weighted by Gasteiger charge is -2.17. The second-order valence-corrected chi connectivity index (χ2v) is 5.65. The fraction of sp³-hybridized carbons (Fsp3) is 0.200. The molecule has 0 spiro atoms. The number of nitrogens with zero attached hydrogens (tertiary/aromatic N) is 1. The Bertz CT molecular complexity index is 689. The monoisotopic (exact) mass is 324 g/mol. The van der Waals surface area contributed by atoms with Crippen LogP contribution in [0.25, 0.3) is 0 Å². The Kier molecular flexibility index (Phi) is 4.70. The Morgan fingerprint density at radius 3 is 2.52 bits per heavy atom. The Balaban J connectivity index is 2.33. The summed E-state index contributed by atoms with van der Waals surface area (Å²) in [5.74, 6) is 0. The lowest BCUT2D eigenvalue weighted by molar-refractivity contribution is -0.384. The third-order valence-corrected chi connectivity index (χ3v) is 3.71. The van der Waals surface area contributed by atoms with E-state index >= 15 is 0 Å². The van der Waals surface area contributed by atoms with E-state index in [1.807, 2.05) is 19.9 Å². The predicted molar refractivity (Wildman–Crippen MR) is 86.3 cm³/mol. The SMILES string of the molecule is Cc1ccc([N+](=O)[O-])c(NC(C)c2ccc(Cl)cc2Cl)c1. The highest BCUT2D eigenvalue weighted by molar-refractivity contribution is 6.35. The van der Waals surface area contributed by atoms with Gasteiger partial charge in [-0.1, -0.05) is 35.3 Å². The molecule has 21 heavy (non-hydrogen) atoms. The molecule has 1 unspecified atom stereocenters. The van der Waals surface area contributed by atoms with Crippen LogP contribution >= 0.6 is 23.2 Å². The smallest absolute Gasteiger partial charge is 0.292 e. The summed E-state index contributed by atoms with van der Waals surface area (Å²) in [7, 11) is 0. The van der Waals surface area contributed by atoms with E-state index in [9.17, 15) is 10.1 Å². The Morgan fingerprint density at radius 2 is 1.90 bits per heavy atom. The van der Waals surface area contributed by atoms with Crippen LogP contribution in [0.5, 0.6) is 0 Å². The number of halogens is 2. The van der Waals surface area contributed by atoms with Gasteiger partial charge in [0, 0.05) is 16.1 Å². The first kappa shape index (κ1) is 15.6. The predicted octanol–water partition coefficient (Wildman–Crippen LogP) is 5.38. The molecular formula is C15H14Cl2N2O2. The van der Waals surface area contributed by atoms with Gasteiger partial charge in [0.2, 0.25) is 0 Å². The summed E-state index contributed by atoms with van der Waals surface area (Å²) in [5.41, 5.74) is 2.28. The van der Waals surface area contributed by atoms with Crippen LogP contribution < -0.4 is 5.32 Å². The second kappa shape index (κ2) is 6.33. The normalized spacial score (nSPS) is 12.0. The lowest BCUT2D eigenvalue weighted by atomic mass is 10.1. The van der Waals surface area contributed by atoms with Crippen LogP contribution in [0.1, 0.15) is 24.1 Å². The standard InChI is InChI=1S/C15H14Cl2N2O2/c1-9-3-6-15(19(20)21)14(7-9)18-10(2)12-5-4-11(16)8-13(12)17/h3-8,10,18H,1-2H3. The number of nitrogens with one attached hydrogen (secondary N) is 1. The lowest BCUT2D eigenvalue weighted by Crippen LogP contribution is -2.09. The molecule has 110 valence electrons. The van der Waals surface area contributed by atoms with Crippen LogP contribution in [0, 0.1) is 17.0 Å². The molecule has 2 aromatic carbocycles. The molecule has 2 rings (SSSR count). The second-order valence-electron chi connectivity index (χ2n) is 4.81. The van der Waals surface area contributed by atoms with Crippen molar-refractivity contribution >= 4 is 34.6 Å². The highest BCUT2D eigenvalue weighted by Crippen LogP contribution is 2.32. The molecule has 0 aromatic heterocycles. The quantitative estimate of drug-likeness (QED) is 0.606. The highest BCUT2D eigenvalue weighted by atomic mass is 35.5. The van der Waals surface area contributed by atoms with Crippen molar-refractivity contribution in [1.29, 1.82) is 0 Å². The van der Waals surface area contributed by atoms with Crippen LogP contribution in [-0.4, -0.2) is 4.92 Å². The van der Waals surface area contributed by atoms with Gasteiger partial charge in [0.1, 0.15) is 5.69 Å². The van der Waals surface area contributed by atoms with Gasteiger partial charge in [-0.3, -0.25) is 10.1 Å². The first-order valence-electron chi connectivity index (χ1n) is 6.35.